The molecule has 1 unspecified atom stereocenters. The maximum absolute atomic E-state index is 12.1. The Morgan fingerprint density at radius 1 is 1.20 bits per heavy atom. The number of nitrogens with zero attached hydrogens (tertiary/aromatic N) is 6. The summed E-state index contributed by atoms with van der Waals surface area (Å²) in [6.45, 7) is 1.42. The number of hydrogen-bond acceptors (Lipinski definition) is 9. The molecule has 1 spiro atoms. The summed E-state index contributed by atoms with van der Waals surface area (Å²) < 4.78 is 28.4. The highest BCUT2D eigenvalue weighted by molar-refractivity contribution is 7.79. The Bertz CT molecular complexity index is 1360. The molecule has 0 amide bonds. The molecule has 11 nitrogen and oxygen atoms in total. The van der Waals surface area contributed by atoms with Crippen molar-refractivity contribution in [1.82, 2.24) is 19.5 Å². The predicted octanol–water partition coefficient (Wildman–Crippen LogP) is 3.67. The normalized spacial score (nSPS) is 19.8. The van der Waals surface area contributed by atoms with Crippen molar-refractivity contribution < 1.29 is 18.3 Å². The van der Waals surface area contributed by atoms with Crippen molar-refractivity contribution in [3.05, 3.63) is 30.6 Å². The van der Waals surface area contributed by atoms with Gasteiger partial charge in [-0.15, -0.1) is 5.10 Å². The Kier molecular flexibility index (Phi) is 5.29. The Morgan fingerprint density at radius 2 is 2.00 bits per heavy atom. The van der Waals surface area contributed by atoms with E-state index in [1.54, 1.807) is 12.3 Å². The van der Waals surface area contributed by atoms with Gasteiger partial charge in [0.25, 0.3) is 0 Å². The first kappa shape index (κ1) is 22.1. The Morgan fingerprint density at radius 3 is 2.66 bits per heavy atom. The summed E-state index contributed by atoms with van der Waals surface area (Å²) in [5.41, 5.74) is 0.154. The van der Waals surface area contributed by atoms with Crippen LogP contribution in [0.3, 0.4) is 0 Å². The monoisotopic (exact) mass is 495 g/mol. The van der Waals surface area contributed by atoms with Crippen LogP contribution < -0.4 is 10.3 Å². The highest BCUT2D eigenvalue weighted by atomic mass is 32.2. The van der Waals surface area contributed by atoms with Crippen LogP contribution in [-0.4, -0.2) is 46.2 Å². The number of hydrazone groups is 1. The van der Waals surface area contributed by atoms with Crippen molar-refractivity contribution in [2.24, 2.45) is 5.10 Å². The van der Waals surface area contributed by atoms with E-state index < -0.39 is 16.6 Å². The van der Waals surface area contributed by atoms with Crippen LogP contribution in [0.4, 0.5) is 17.6 Å². The Labute approximate surface area is 203 Å². The molecule has 3 aromatic rings. The van der Waals surface area contributed by atoms with Crippen molar-refractivity contribution >= 4 is 51.6 Å². The predicted molar refractivity (Wildman–Crippen MR) is 130 cm³/mol. The van der Waals surface area contributed by atoms with Gasteiger partial charge in [-0.3, -0.25) is 9.36 Å². The van der Waals surface area contributed by atoms with Gasteiger partial charge < -0.3 is 14.6 Å². The molecule has 182 valence electrons. The Hall–Kier alpha value is -3.38. The molecule has 0 saturated heterocycles. The van der Waals surface area contributed by atoms with E-state index in [0.29, 0.717) is 17.7 Å². The zero-order valence-electron chi connectivity index (χ0n) is 19.2. The Balaban J connectivity index is 1.46. The zero-order valence-corrected chi connectivity index (χ0v) is 20.0. The fraction of sp³-hybridized carbons (Fsp3) is 0.435. The second-order valence-electron chi connectivity index (χ2n) is 9.23. The highest BCUT2D eigenvalue weighted by Crippen LogP contribution is 2.48. The van der Waals surface area contributed by atoms with Crippen molar-refractivity contribution in [1.29, 1.82) is 0 Å². The van der Waals surface area contributed by atoms with E-state index >= 15 is 0 Å². The molecule has 4 heterocycles. The van der Waals surface area contributed by atoms with Crippen LogP contribution in [0.1, 0.15) is 51.9 Å². The first-order valence-electron chi connectivity index (χ1n) is 11.7. The van der Waals surface area contributed by atoms with Gasteiger partial charge in [0.1, 0.15) is 22.8 Å². The maximum Gasteiger partial charge on any atom is 0.309 e. The van der Waals surface area contributed by atoms with Crippen molar-refractivity contribution in [3.8, 4) is 0 Å². The summed E-state index contributed by atoms with van der Waals surface area (Å²) in [6, 6.07) is 5.46. The van der Waals surface area contributed by atoms with Gasteiger partial charge in [0.15, 0.2) is 11.1 Å². The van der Waals surface area contributed by atoms with Crippen LogP contribution >= 0.6 is 0 Å². The second kappa shape index (κ2) is 8.38. The van der Waals surface area contributed by atoms with Crippen LogP contribution in [0.2, 0.25) is 0 Å². The average Bonchev–Trinajstić information content (AvgIpc) is 3.61. The molecule has 2 aliphatic carbocycles. The molecule has 35 heavy (non-hydrogen) atoms. The topological polar surface area (TPSA) is 135 Å². The molecule has 1 atom stereocenters. The molecule has 3 aliphatic rings. The second-order valence-corrected chi connectivity index (χ2v) is 10.2. The summed E-state index contributed by atoms with van der Waals surface area (Å²) in [5, 5.41) is 10.8. The minimum absolute atomic E-state index is 0.212. The molecule has 12 heteroatoms. The number of nitrogens with one attached hydrogen (secondary N) is 1. The van der Waals surface area contributed by atoms with E-state index in [0.717, 1.165) is 61.8 Å². The smallest absolute Gasteiger partial charge is 0.309 e. The third kappa shape index (κ3) is 3.86. The fourth-order valence-electron chi connectivity index (χ4n) is 5.05. The van der Waals surface area contributed by atoms with Crippen LogP contribution in [0.5, 0.6) is 0 Å². The van der Waals surface area contributed by atoms with E-state index in [-0.39, 0.29) is 16.9 Å². The number of fused-ring (bicyclic) bond motifs is 4. The number of carbonyl (C=O) groups is 1. The molecule has 0 aromatic carbocycles. The standard InChI is InChI=1S/C23H25N7O4S/c1-14(31)34-21-23(9-3-2-4-10-23)29-19(30(28-21)16-5-6-16)11-15-12-25-22(27-20(15)29)26-18-8-7-17(13-24-18)35(32)33/h7-8,11-13,16H,2-6,9-10H2,1H3,(H,32,33)(H,24,25,26,27). The van der Waals surface area contributed by atoms with E-state index in [1.807, 2.05) is 5.01 Å². The quantitative estimate of drug-likeness (QED) is 0.410. The zero-order chi connectivity index (χ0) is 24.2. The minimum Gasteiger partial charge on any atom is -0.407 e. The van der Waals surface area contributed by atoms with Crippen molar-refractivity contribution in [3.63, 3.8) is 0 Å². The number of carbonyl (C=O) groups excluding carboxylic acids is 1. The number of esters is 1. The van der Waals surface area contributed by atoms with Crippen LogP contribution in [0, 0.1) is 0 Å². The summed E-state index contributed by atoms with van der Waals surface area (Å²) >= 11 is -2.09. The lowest BCUT2D eigenvalue weighted by molar-refractivity contribution is -0.133. The molecule has 2 saturated carbocycles. The van der Waals surface area contributed by atoms with E-state index in [9.17, 15) is 13.6 Å². The summed E-state index contributed by atoms with van der Waals surface area (Å²) in [4.78, 5) is 25.8. The van der Waals surface area contributed by atoms with Gasteiger partial charge in [0.05, 0.1) is 10.9 Å². The maximum atomic E-state index is 12.1. The molecule has 1 aliphatic heterocycles. The molecule has 0 bridgehead atoms. The SMILES string of the molecule is CC(=O)OC1=NN(C2CC2)c2cc3cnc(Nc4ccc(S(=O)O)cn4)nc3n2C12CCCCC2. The van der Waals surface area contributed by atoms with E-state index in [4.69, 9.17) is 14.8 Å². The first-order valence-corrected chi connectivity index (χ1v) is 12.8. The molecule has 2 fully saturated rings. The van der Waals surface area contributed by atoms with Crippen molar-refractivity contribution in [2.75, 3.05) is 10.3 Å². The molecule has 3 aromatic heterocycles. The summed E-state index contributed by atoms with van der Waals surface area (Å²) in [6.07, 6.45) is 9.91. The van der Waals surface area contributed by atoms with Gasteiger partial charge in [-0.05, 0) is 43.9 Å². The number of aromatic nitrogens is 4. The number of hydrogen-bond donors (Lipinski definition) is 2. The number of rotatable bonds is 4. The first-order chi connectivity index (χ1) is 16.9. The highest BCUT2D eigenvalue weighted by Gasteiger charge is 2.49. The van der Waals surface area contributed by atoms with Gasteiger partial charge in [-0.1, -0.05) is 19.3 Å². The third-order valence-electron chi connectivity index (χ3n) is 6.77. The lowest BCUT2D eigenvalue weighted by Gasteiger charge is -2.44. The van der Waals surface area contributed by atoms with Gasteiger partial charge in [-0.2, -0.15) is 4.98 Å². The van der Waals surface area contributed by atoms with Crippen LogP contribution in [0.25, 0.3) is 11.0 Å². The molecule has 2 N–H and O–H groups in total. The number of ether oxygens (including phenoxy) is 1. The summed E-state index contributed by atoms with van der Waals surface area (Å²) in [5.74, 6) is 1.82. The minimum atomic E-state index is -2.09. The lowest BCUT2D eigenvalue weighted by atomic mass is 9.80. The van der Waals surface area contributed by atoms with E-state index in [1.165, 1.54) is 19.2 Å². The van der Waals surface area contributed by atoms with E-state index in [2.05, 4.69) is 25.9 Å². The number of pyridine rings is 1. The van der Waals surface area contributed by atoms with Crippen LogP contribution in [-0.2, 0) is 26.2 Å². The van der Waals surface area contributed by atoms with Gasteiger partial charge in [-0.25, -0.2) is 19.2 Å². The van der Waals surface area contributed by atoms with Gasteiger partial charge in [0.2, 0.25) is 11.8 Å². The summed E-state index contributed by atoms with van der Waals surface area (Å²) in [7, 11) is 0. The molecular weight excluding hydrogens is 470 g/mol. The average molecular weight is 496 g/mol. The number of anilines is 3. The fourth-order valence-corrected chi connectivity index (χ4v) is 5.38. The largest absolute Gasteiger partial charge is 0.407 e. The lowest BCUT2D eigenvalue weighted by Crippen LogP contribution is -2.51. The van der Waals surface area contributed by atoms with Crippen molar-refractivity contribution in [2.45, 2.75) is 68.3 Å². The van der Waals surface area contributed by atoms with Gasteiger partial charge in [0, 0.05) is 24.7 Å². The van der Waals surface area contributed by atoms with Crippen LogP contribution in [0.15, 0.2) is 40.6 Å². The molecule has 6 rings (SSSR count). The molecular formula is C23H25N7O4S. The van der Waals surface area contributed by atoms with Gasteiger partial charge >= 0.3 is 5.97 Å². The third-order valence-corrected chi connectivity index (χ3v) is 7.42. The molecule has 0 radical (unpaired) electrons.